The van der Waals surface area contributed by atoms with E-state index in [4.69, 9.17) is 4.42 Å². The van der Waals surface area contributed by atoms with E-state index >= 15 is 0 Å². The predicted molar refractivity (Wildman–Crippen MR) is 80.8 cm³/mol. The Hall–Kier alpha value is -1.10. The number of nitrogens with zero attached hydrogens (tertiary/aromatic N) is 3. The topological polar surface area (TPSA) is 54.2 Å². The van der Waals surface area contributed by atoms with E-state index < -0.39 is 0 Å². The Labute approximate surface area is 122 Å². The van der Waals surface area contributed by atoms with Crippen molar-refractivity contribution in [2.75, 3.05) is 11.9 Å². The molecule has 5 heteroatoms. The molecule has 20 heavy (non-hydrogen) atoms. The van der Waals surface area contributed by atoms with E-state index in [1.54, 1.807) is 0 Å². The third-order valence-corrected chi connectivity index (χ3v) is 3.90. The Morgan fingerprint density at radius 1 is 1.15 bits per heavy atom. The molecule has 0 saturated heterocycles. The van der Waals surface area contributed by atoms with Gasteiger partial charge in [-0.2, -0.15) is 0 Å². The lowest BCUT2D eigenvalue weighted by Crippen LogP contribution is -2.35. The predicted octanol–water partition coefficient (Wildman–Crippen LogP) is 3.12. The maximum absolute atomic E-state index is 5.78. The summed E-state index contributed by atoms with van der Waals surface area (Å²) in [4.78, 5) is 2.17. The smallest absolute Gasteiger partial charge is 0.318 e. The molecular formula is C15H28N4O. The average molecular weight is 280 g/mol. The maximum atomic E-state index is 5.78. The Bertz CT molecular complexity index is 402. The van der Waals surface area contributed by atoms with E-state index in [2.05, 4.69) is 48.2 Å². The highest BCUT2D eigenvalue weighted by atomic mass is 16.4. The summed E-state index contributed by atoms with van der Waals surface area (Å²) < 4.78 is 5.78. The standard InChI is InChI=1S/C15H28N4O/c1-15(2,3)16-11-13-17-18-14(20-13)19(4)12-9-7-5-6-8-10-12/h12,16H,5-11H2,1-4H3. The van der Waals surface area contributed by atoms with Gasteiger partial charge in [-0.25, -0.2) is 0 Å². The lowest BCUT2D eigenvalue weighted by Gasteiger charge is -2.25. The molecule has 0 amide bonds. The molecule has 0 bridgehead atoms. The summed E-state index contributed by atoms with van der Waals surface area (Å²) in [6.07, 6.45) is 7.79. The summed E-state index contributed by atoms with van der Waals surface area (Å²) >= 11 is 0. The van der Waals surface area contributed by atoms with E-state index in [-0.39, 0.29) is 5.54 Å². The van der Waals surface area contributed by atoms with Gasteiger partial charge in [0.1, 0.15) is 0 Å². The molecule has 5 nitrogen and oxygen atoms in total. The number of nitrogens with one attached hydrogen (secondary N) is 1. The van der Waals surface area contributed by atoms with Crippen molar-refractivity contribution < 1.29 is 4.42 Å². The molecule has 1 N–H and O–H groups in total. The molecule has 0 spiro atoms. The van der Waals surface area contributed by atoms with Crippen molar-refractivity contribution in [3.63, 3.8) is 0 Å². The first-order valence-corrected chi connectivity index (χ1v) is 7.76. The second kappa shape index (κ2) is 6.57. The second-order valence-corrected chi connectivity index (χ2v) is 6.84. The highest BCUT2D eigenvalue weighted by Gasteiger charge is 2.21. The van der Waals surface area contributed by atoms with Crippen molar-refractivity contribution in [2.45, 2.75) is 77.4 Å². The van der Waals surface area contributed by atoms with Gasteiger partial charge < -0.3 is 14.6 Å². The molecule has 1 aliphatic rings. The number of hydrogen-bond donors (Lipinski definition) is 1. The molecule has 0 atom stereocenters. The van der Waals surface area contributed by atoms with E-state index in [0.717, 1.165) is 0 Å². The van der Waals surface area contributed by atoms with Gasteiger partial charge in [0, 0.05) is 18.6 Å². The molecule has 1 fully saturated rings. The fourth-order valence-corrected chi connectivity index (χ4v) is 2.60. The number of hydrogen-bond acceptors (Lipinski definition) is 5. The van der Waals surface area contributed by atoms with Gasteiger partial charge in [0.15, 0.2) is 0 Å². The molecule has 0 aromatic carbocycles. The Balaban J connectivity index is 1.93. The van der Waals surface area contributed by atoms with Crippen LogP contribution in [0, 0.1) is 0 Å². The number of anilines is 1. The molecule has 1 saturated carbocycles. The summed E-state index contributed by atoms with van der Waals surface area (Å²) in [6, 6.07) is 1.20. The second-order valence-electron chi connectivity index (χ2n) is 6.84. The quantitative estimate of drug-likeness (QED) is 0.859. The fraction of sp³-hybridized carbons (Fsp3) is 0.867. The minimum absolute atomic E-state index is 0.0574. The van der Waals surface area contributed by atoms with Crippen LogP contribution in [0.2, 0.25) is 0 Å². The van der Waals surface area contributed by atoms with Gasteiger partial charge in [0.2, 0.25) is 5.89 Å². The van der Waals surface area contributed by atoms with Crippen LogP contribution < -0.4 is 10.2 Å². The van der Waals surface area contributed by atoms with E-state index in [9.17, 15) is 0 Å². The molecule has 114 valence electrons. The van der Waals surface area contributed by atoms with Crippen LogP contribution in [-0.4, -0.2) is 28.8 Å². The first-order chi connectivity index (χ1) is 9.46. The molecule has 1 aliphatic carbocycles. The van der Waals surface area contributed by atoms with Crippen LogP contribution in [-0.2, 0) is 6.54 Å². The molecule has 0 radical (unpaired) electrons. The van der Waals surface area contributed by atoms with Crippen molar-refractivity contribution in [2.24, 2.45) is 0 Å². The summed E-state index contributed by atoms with van der Waals surface area (Å²) in [7, 11) is 2.07. The van der Waals surface area contributed by atoms with E-state index in [0.29, 0.717) is 24.5 Å². The average Bonchev–Trinajstić information content (AvgIpc) is 2.69. The number of aromatic nitrogens is 2. The fourth-order valence-electron chi connectivity index (χ4n) is 2.60. The first-order valence-electron chi connectivity index (χ1n) is 7.76. The van der Waals surface area contributed by atoms with Crippen LogP contribution in [0.5, 0.6) is 0 Å². The molecular weight excluding hydrogens is 252 g/mol. The van der Waals surface area contributed by atoms with E-state index in [1.165, 1.54) is 38.5 Å². The summed E-state index contributed by atoms with van der Waals surface area (Å²) in [5.74, 6) is 0.662. The van der Waals surface area contributed by atoms with Crippen LogP contribution in [0.1, 0.15) is 65.2 Å². The summed E-state index contributed by atoms with van der Waals surface area (Å²) in [6.45, 7) is 7.00. The molecule has 0 unspecified atom stereocenters. The Morgan fingerprint density at radius 3 is 2.40 bits per heavy atom. The van der Waals surface area contributed by atoms with Crippen molar-refractivity contribution in [1.82, 2.24) is 15.5 Å². The van der Waals surface area contributed by atoms with Crippen molar-refractivity contribution >= 4 is 6.01 Å². The van der Waals surface area contributed by atoms with Crippen molar-refractivity contribution in [3.05, 3.63) is 5.89 Å². The zero-order valence-electron chi connectivity index (χ0n) is 13.3. The third-order valence-electron chi connectivity index (χ3n) is 3.90. The maximum Gasteiger partial charge on any atom is 0.318 e. The van der Waals surface area contributed by atoms with Crippen molar-refractivity contribution in [1.29, 1.82) is 0 Å². The van der Waals surface area contributed by atoms with Crippen LogP contribution in [0.15, 0.2) is 4.42 Å². The van der Waals surface area contributed by atoms with Crippen LogP contribution in [0.25, 0.3) is 0 Å². The first kappa shape index (κ1) is 15.3. The molecule has 2 rings (SSSR count). The molecule has 1 aromatic heterocycles. The third kappa shape index (κ3) is 4.47. The van der Waals surface area contributed by atoms with Gasteiger partial charge in [0.05, 0.1) is 6.54 Å². The highest BCUT2D eigenvalue weighted by molar-refractivity contribution is 5.24. The van der Waals surface area contributed by atoms with Crippen LogP contribution in [0.3, 0.4) is 0 Å². The van der Waals surface area contributed by atoms with Gasteiger partial charge in [-0.05, 0) is 33.6 Å². The zero-order valence-corrected chi connectivity index (χ0v) is 13.3. The summed E-state index contributed by atoms with van der Waals surface area (Å²) in [5.41, 5.74) is 0.0574. The van der Waals surface area contributed by atoms with Gasteiger partial charge in [-0.1, -0.05) is 30.8 Å². The Morgan fingerprint density at radius 2 is 1.80 bits per heavy atom. The minimum Gasteiger partial charge on any atom is -0.407 e. The molecule has 0 aliphatic heterocycles. The largest absolute Gasteiger partial charge is 0.407 e. The van der Waals surface area contributed by atoms with E-state index in [1.807, 2.05) is 0 Å². The monoisotopic (exact) mass is 280 g/mol. The lowest BCUT2D eigenvalue weighted by atomic mass is 10.1. The van der Waals surface area contributed by atoms with Gasteiger partial charge in [-0.3, -0.25) is 0 Å². The highest BCUT2D eigenvalue weighted by Crippen LogP contribution is 2.24. The van der Waals surface area contributed by atoms with Crippen LogP contribution >= 0.6 is 0 Å². The van der Waals surface area contributed by atoms with Gasteiger partial charge in [-0.15, -0.1) is 5.10 Å². The molecule has 1 aromatic rings. The lowest BCUT2D eigenvalue weighted by molar-refractivity contribution is 0.378. The SMILES string of the molecule is CN(c1nnc(CNC(C)(C)C)o1)C1CCCCCC1. The Kier molecular flexibility index (Phi) is 5.02. The number of rotatable bonds is 4. The van der Waals surface area contributed by atoms with Crippen LogP contribution in [0.4, 0.5) is 6.01 Å². The summed E-state index contributed by atoms with van der Waals surface area (Å²) in [5, 5.41) is 11.7. The van der Waals surface area contributed by atoms with Crippen molar-refractivity contribution in [3.8, 4) is 0 Å². The van der Waals surface area contributed by atoms with Gasteiger partial charge >= 0.3 is 6.01 Å². The normalized spacial score (nSPS) is 18.0. The molecule has 1 heterocycles. The minimum atomic E-state index is 0.0574. The zero-order chi connectivity index (χ0) is 14.6. The van der Waals surface area contributed by atoms with Gasteiger partial charge in [0.25, 0.3) is 0 Å².